The molecule has 3 N–H and O–H groups in total. The van der Waals surface area contributed by atoms with Crippen LogP contribution in [0.15, 0.2) is 24.3 Å². The summed E-state index contributed by atoms with van der Waals surface area (Å²) in [7, 11) is 3.96. The van der Waals surface area contributed by atoms with E-state index >= 15 is 0 Å². The first kappa shape index (κ1) is 13.5. The highest BCUT2D eigenvalue weighted by Gasteiger charge is 2.07. The van der Waals surface area contributed by atoms with Crippen LogP contribution in [0.25, 0.3) is 0 Å². The number of nitrogens with zero attached hydrogens (tertiary/aromatic N) is 1. The summed E-state index contributed by atoms with van der Waals surface area (Å²) in [5, 5.41) is 2.84. The topological polar surface area (TPSA) is 58.4 Å². The largest absolute Gasteiger partial charge is 0.378 e. The molecule has 1 aromatic rings. The minimum Gasteiger partial charge on any atom is -0.378 e. The van der Waals surface area contributed by atoms with Gasteiger partial charge in [0.2, 0.25) is 5.91 Å². The summed E-state index contributed by atoms with van der Waals surface area (Å²) in [6.45, 7) is 1.98. The normalized spacial score (nSPS) is 12.0. The fourth-order valence-electron chi connectivity index (χ4n) is 1.44. The van der Waals surface area contributed by atoms with Crippen LogP contribution in [0.1, 0.15) is 19.8 Å². The van der Waals surface area contributed by atoms with Gasteiger partial charge in [0.1, 0.15) is 0 Å². The lowest BCUT2D eigenvalue weighted by Gasteiger charge is -2.13. The lowest BCUT2D eigenvalue weighted by molar-refractivity contribution is -0.116. The molecule has 4 nitrogen and oxygen atoms in total. The van der Waals surface area contributed by atoms with Crippen LogP contribution >= 0.6 is 0 Å². The number of nitrogens with one attached hydrogen (secondary N) is 1. The van der Waals surface area contributed by atoms with Crippen molar-refractivity contribution in [2.75, 3.05) is 24.3 Å². The van der Waals surface area contributed by atoms with Crippen molar-refractivity contribution in [2.45, 2.75) is 25.8 Å². The Hall–Kier alpha value is -1.55. The van der Waals surface area contributed by atoms with Gasteiger partial charge in [0, 0.05) is 37.9 Å². The van der Waals surface area contributed by atoms with Crippen molar-refractivity contribution in [3.63, 3.8) is 0 Å². The maximum Gasteiger partial charge on any atom is 0.225 e. The summed E-state index contributed by atoms with van der Waals surface area (Å²) in [5.41, 5.74) is 7.64. The molecule has 94 valence electrons. The van der Waals surface area contributed by atoms with Crippen LogP contribution in [0.5, 0.6) is 0 Å². The molecule has 1 aromatic carbocycles. The zero-order chi connectivity index (χ0) is 12.8. The number of amides is 1. The average molecular weight is 235 g/mol. The van der Waals surface area contributed by atoms with Gasteiger partial charge >= 0.3 is 0 Å². The number of carbonyl (C=O) groups excluding carboxylic acids is 1. The number of anilines is 2. The minimum absolute atomic E-state index is 0.0306. The second-order valence-electron chi connectivity index (χ2n) is 4.36. The first-order valence-electron chi connectivity index (χ1n) is 5.85. The number of rotatable bonds is 5. The smallest absolute Gasteiger partial charge is 0.225 e. The molecule has 0 aromatic heterocycles. The van der Waals surface area contributed by atoms with Gasteiger partial charge in [0.25, 0.3) is 0 Å². The van der Waals surface area contributed by atoms with Gasteiger partial charge in [-0.25, -0.2) is 0 Å². The van der Waals surface area contributed by atoms with E-state index in [4.69, 9.17) is 5.73 Å². The van der Waals surface area contributed by atoms with E-state index in [0.717, 1.165) is 17.8 Å². The molecule has 4 heteroatoms. The van der Waals surface area contributed by atoms with Crippen molar-refractivity contribution in [3.05, 3.63) is 24.3 Å². The summed E-state index contributed by atoms with van der Waals surface area (Å²) in [6, 6.07) is 7.66. The van der Waals surface area contributed by atoms with E-state index in [1.54, 1.807) is 0 Å². The highest BCUT2D eigenvalue weighted by Crippen LogP contribution is 2.15. The molecule has 0 fully saturated rings. The van der Waals surface area contributed by atoms with Crippen LogP contribution in [0.3, 0.4) is 0 Å². The lowest BCUT2D eigenvalue weighted by atomic mass is 10.1. The predicted molar refractivity (Wildman–Crippen MR) is 72.3 cm³/mol. The zero-order valence-corrected chi connectivity index (χ0v) is 10.7. The van der Waals surface area contributed by atoms with E-state index in [9.17, 15) is 4.79 Å². The molecular formula is C13H21N3O. The van der Waals surface area contributed by atoms with E-state index in [0.29, 0.717) is 6.42 Å². The SMILES string of the molecule is CCC(N)CC(=O)Nc1ccc(N(C)C)cc1. The molecule has 0 aliphatic carbocycles. The number of hydrogen-bond donors (Lipinski definition) is 2. The van der Waals surface area contributed by atoms with E-state index in [2.05, 4.69) is 5.32 Å². The van der Waals surface area contributed by atoms with Gasteiger partial charge in [-0.15, -0.1) is 0 Å². The molecule has 0 aliphatic rings. The van der Waals surface area contributed by atoms with Gasteiger partial charge in [0.05, 0.1) is 0 Å². The van der Waals surface area contributed by atoms with Crippen molar-refractivity contribution >= 4 is 17.3 Å². The number of carbonyl (C=O) groups is 1. The van der Waals surface area contributed by atoms with E-state index in [1.807, 2.05) is 50.2 Å². The Morgan fingerprint density at radius 3 is 2.41 bits per heavy atom. The maximum atomic E-state index is 11.6. The second kappa shape index (κ2) is 6.25. The monoisotopic (exact) mass is 235 g/mol. The van der Waals surface area contributed by atoms with Crippen molar-refractivity contribution in [1.29, 1.82) is 0 Å². The van der Waals surface area contributed by atoms with Gasteiger partial charge in [0.15, 0.2) is 0 Å². The average Bonchev–Trinajstić information content (AvgIpc) is 2.29. The molecule has 0 radical (unpaired) electrons. The minimum atomic E-state index is -0.0592. The van der Waals surface area contributed by atoms with Gasteiger partial charge < -0.3 is 16.0 Å². The van der Waals surface area contributed by atoms with E-state index < -0.39 is 0 Å². The molecule has 0 saturated carbocycles. The van der Waals surface area contributed by atoms with Crippen molar-refractivity contribution in [3.8, 4) is 0 Å². The Morgan fingerprint density at radius 2 is 1.94 bits per heavy atom. The van der Waals surface area contributed by atoms with Crippen LogP contribution < -0.4 is 16.0 Å². The molecule has 1 atom stereocenters. The van der Waals surface area contributed by atoms with Crippen molar-refractivity contribution < 1.29 is 4.79 Å². The molecule has 0 heterocycles. The van der Waals surface area contributed by atoms with Crippen LogP contribution in [-0.4, -0.2) is 26.0 Å². The molecule has 0 spiro atoms. The Kier molecular flexibility index (Phi) is 4.97. The van der Waals surface area contributed by atoms with Gasteiger partial charge in [-0.3, -0.25) is 4.79 Å². The molecule has 1 unspecified atom stereocenters. The van der Waals surface area contributed by atoms with Crippen LogP contribution in [0, 0.1) is 0 Å². The van der Waals surface area contributed by atoms with Crippen LogP contribution in [-0.2, 0) is 4.79 Å². The fourth-order valence-corrected chi connectivity index (χ4v) is 1.44. The Labute approximate surface area is 103 Å². The summed E-state index contributed by atoms with van der Waals surface area (Å²) < 4.78 is 0. The summed E-state index contributed by atoms with van der Waals surface area (Å²) in [4.78, 5) is 13.6. The van der Waals surface area contributed by atoms with E-state index in [-0.39, 0.29) is 11.9 Å². The summed E-state index contributed by atoms with van der Waals surface area (Å²) in [6.07, 6.45) is 1.18. The Bertz CT molecular complexity index is 359. The molecule has 0 saturated heterocycles. The number of nitrogens with two attached hydrogens (primary N) is 1. The number of benzene rings is 1. The second-order valence-corrected chi connectivity index (χ2v) is 4.36. The lowest BCUT2D eigenvalue weighted by Crippen LogP contribution is -2.26. The number of hydrogen-bond acceptors (Lipinski definition) is 3. The van der Waals surface area contributed by atoms with Crippen LogP contribution in [0.2, 0.25) is 0 Å². The Balaban J connectivity index is 2.54. The van der Waals surface area contributed by atoms with Crippen LogP contribution in [0.4, 0.5) is 11.4 Å². The third-order valence-electron chi connectivity index (χ3n) is 2.64. The molecule has 1 rings (SSSR count). The molecule has 0 bridgehead atoms. The fraction of sp³-hybridized carbons (Fsp3) is 0.462. The highest BCUT2D eigenvalue weighted by atomic mass is 16.1. The van der Waals surface area contributed by atoms with E-state index in [1.165, 1.54) is 0 Å². The quantitative estimate of drug-likeness (QED) is 0.818. The maximum absolute atomic E-state index is 11.6. The van der Waals surface area contributed by atoms with Gasteiger partial charge in [-0.1, -0.05) is 6.92 Å². The zero-order valence-electron chi connectivity index (χ0n) is 10.7. The molecule has 17 heavy (non-hydrogen) atoms. The molecule has 0 aliphatic heterocycles. The molecule has 1 amide bonds. The third-order valence-corrected chi connectivity index (χ3v) is 2.64. The van der Waals surface area contributed by atoms with Gasteiger partial charge in [-0.2, -0.15) is 0 Å². The third kappa shape index (κ3) is 4.44. The van der Waals surface area contributed by atoms with Crippen molar-refractivity contribution in [1.82, 2.24) is 0 Å². The first-order chi connectivity index (χ1) is 8.02. The summed E-state index contributed by atoms with van der Waals surface area (Å²) in [5.74, 6) is -0.0306. The first-order valence-corrected chi connectivity index (χ1v) is 5.85. The predicted octanol–water partition coefficient (Wildman–Crippen LogP) is 1.82. The molecular weight excluding hydrogens is 214 g/mol. The van der Waals surface area contributed by atoms with Crippen molar-refractivity contribution in [2.24, 2.45) is 5.73 Å². The standard InChI is InChI=1S/C13H21N3O/c1-4-10(14)9-13(17)15-11-5-7-12(8-6-11)16(2)3/h5-8,10H,4,9,14H2,1-3H3,(H,15,17). The summed E-state index contributed by atoms with van der Waals surface area (Å²) >= 11 is 0. The van der Waals surface area contributed by atoms with Gasteiger partial charge in [-0.05, 0) is 30.7 Å². The highest BCUT2D eigenvalue weighted by molar-refractivity contribution is 5.91. The Morgan fingerprint density at radius 1 is 1.35 bits per heavy atom.